The fraction of sp³-hybridized carbons (Fsp3) is 0.571. The van der Waals surface area contributed by atoms with Crippen LogP contribution in [-0.4, -0.2) is 47.5 Å². The summed E-state index contributed by atoms with van der Waals surface area (Å²) in [6, 6.07) is 7.03. The minimum absolute atomic E-state index is 0.0334. The van der Waals surface area contributed by atoms with Gasteiger partial charge in [-0.25, -0.2) is 4.79 Å². The van der Waals surface area contributed by atoms with Gasteiger partial charge >= 0.3 is 12.1 Å². The molecule has 1 heterocycles. The van der Waals surface area contributed by atoms with Gasteiger partial charge in [0.05, 0.1) is 12.5 Å². The second-order valence-corrected chi connectivity index (χ2v) is 10.2. The van der Waals surface area contributed by atoms with E-state index in [1.165, 1.54) is 0 Å². The van der Waals surface area contributed by atoms with E-state index in [0.717, 1.165) is 55.8 Å². The third-order valence-corrected chi connectivity index (χ3v) is 5.81. The number of H-pyrrole nitrogens is 1. The molecule has 4 N–H and O–H groups in total. The van der Waals surface area contributed by atoms with Crippen LogP contribution >= 0.6 is 0 Å². The topological polar surface area (TPSA) is 136 Å². The molecule has 0 aliphatic rings. The molecule has 0 saturated heterocycles. The van der Waals surface area contributed by atoms with Crippen LogP contribution in [0.25, 0.3) is 10.9 Å². The van der Waals surface area contributed by atoms with Crippen molar-refractivity contribution in [2.24, 2.45) is 16.6 Å². The molecule has 0 aliphatic carbocycles. The lowest BCUT2D eigenvalue weighted by Crippen LogP contribution is -2.24. The van der Waals surface area contributed by atoms with Gasteiger partial charge in [-0.05, 0) is 71.2 Å². The number of unbranched alkanes of at least 4 members (excludes halogenated alkanes) is 3. The Morgan fingerprint density at radius 3 is 2.46 bits per heavy atom. The summed E-state index contributed by atoms with van der Waals surface area (Å²) in [7, 11) is 0. The predicted octanol–water partition coefficient (Wildman–Crippen LogP) is 5.47. The first-order chi connectivity index (χ1) is 17.5. The first-order valence-corrected chi connectivity index (χ1v) is 13.2. The number of aliphatic imine (C=N–C) groups is 1. The van der Waals surface area contributed by atoms with Gasteiger partial charge in [-0.1, -0.05) is 32.6 Å². The van der Waals surface area contributed by atoms with Crippen molar-refractivity contribution in [3.05, 3.63) is 35.5 Å². The number of amidine groups is 1. The van der Waals surface area contributed by atoms with Crippen LogP contribution in [0.2, 0.25) is 0 Å². The number of nitrogens with two attached hydrogens (primary N) is 1. The van der Waals surface area contributed by atoms with Crippen molar-refractivity contribution in [2.75, 3.05) is 13.2 Å². The number of nitrogens with one attached hydrogen (secondary N) is 2. The molecule has 1 aromatic heterocycles. The molecule has 1 atom stereocenters. The van der Waals surface area contributed by atoms with Crippen LogP contribution in [0.3, 0.4) is 0 Å². The van der Waals surface area contributed by atoms with Crippen molar-refractivity contribution >= 4 is 34.7 Å². The maximum Gasteiger partial charge on any atom is 0.436 e. The molecule has 0 aliphatic heterocycles. The summed E-state index contributed by atoms with van der Waals surface area (Å²) in [5, 5.41) is 3.72. The van der Waals surface area contributed by atoms with Gasteiger partial charge in [0, 0.05) is 23.0 Å². The fourth-order valence-electron chi connectivity index (χ4n) is 3.94. The lowest BCUT2D eigenvalue weighted by molar-refractivity contribution is -0.148. The molecule has 0 radical (unpaired) electrons. The van der Waals surface area contributed by atoms with E-state index in [4.69, 9.17) is 15.2 Å². The Morgan fingerprint density at radius 1 is 1.05 bits per heavy atom. The molecule has 2 amide bonds. The van der Waals surface area contributed by atoms with Gasteiger partial charge in [-0.3, -0.25) is 9.59 Å². The highest BCUT2D eigenvalue weighted by Gasteiger charge is 2.19. The van der Waals surface area contributed by atoms with Crippen LogP contribution in [0.5, 0.6) is 0 Å². The monoisotopic (exact) mass is 514 g/mol. The number of aromatic amines is 1. The molecule has 0 bridgehead atoms. The Hall–Kier alpha value is -3.36. The molecule has 2 aromatic rings. The third kappa shape index (κ3) is 10.3. The van der Waals surface area contributed by atoms with Crippen LogP contribution in [0.4, 0.5) is 4.79 Å². The Labute approximate surface area is 219 Å². The number of rotatable bonds is 13. The third-order valence-electron chi connectivity index (χ3n) is 5.81. The SMILES string of the molecule is CCCCC(CCCCCNC(=O)c1cc2cc(/C(N)=N\C(=O)OC(C)(C)C)ccc2[nH]1)C(=O)OCC. The highest BCUT2D eigenvalue weighted by atomic mass is 16.6. The first kappa shape index (κ1) is 29.9. The van der Waals surface area contributed by atoms with Crippen molar-refractivity contribution < 1.29 is 23.9 Å². The Kier molecular flexibility index (Phi) is 11.6. The second-order valence-electron chi connectivity index (χ2n) is 10.2. The van der Waals surface area contributed by atoms with E-state index < -0.39 is 11.7 Å². The normalized spacial score (nSPS) is 12.8. The summed E-state index contributed by atoms with van der Waals surface area (Å²) in [5.41, 5.74) is 7.10. The summed E-state index contributed by atoms with van der Waals surface area (Å²) in [5.74, 6) is -0.276. The highest BCUT2D eigenvalue weighted by Crippen LogP contribution is 2.20. The number of carbonyl (C=O) groups is 3. The first-order valence-electron chi connectivity index (χ1n) is 13.2. The standard InChI is InChI=1S/C28H42N4O5/c1-6-8-12-19(26(34)36-7-2)13-10-9-11-16-30-25(33)23-18-21-17-20(14-15-22(21)31-23)24(29)32-27(35)37-28(3,4)5/h14-15,17-19,31H,6-13,16H2,1-5H3,(H,30,33)(H2,29,32,35). The predicted molar refractivity (Wildman–Crippen MR) is 146 cm³/mol. The minimum Gasteiger partial charge on any atom is -0.466 e. The van der Waals surface area contributed by atoms with E-state index in [1.54, 1.807) is 45.0 Å². The molecule has 0 fully saturated rings. The minimum atomic E-state index is -0.753. The molecule has 1 unspecified atom stereocenters. The Morgan fingerprint density at radius 2 is 1.78 bits per heavy atom. The van der Waals surface area contributed by atoms with Crippen molar-refractivity contribution in [1.29, 1.82) is 0 Å². The average Bonchev–Trinajstić information content (AvgIpc) is 3.25. The smallest absolute Gasteiger partial charge is 0.436 e. The fourth-order valence-corrected chi connectivity index (χ4v) is 3.94. The number of fused-ring (bicyclic) bond motifs is 1. The number of esters is 1. The van der Waals surface area contributed by atoms with Crippen LogP contribution < -0.4 is 11.1 Å². The van der Waals surface area contributed by atoms with Crippen molar-refractivity contribution in [3.8, 4) is 0 Å². The van der Waals surface area contributed by atoms with Gasteiger partial charge in [0.2, 0.25) is 0 Å². The number of hydrogen-bond acceptors (Lipinski definition) is 5. The van der Waals surface area contributed by atoms with Crippen molar-refractivity contribution in [3.63, 3.8) is 0 Å². The van der Waals surface area contributed by atoms with Gasteiger partial charge in [-0.15, -0.1) is 0 Å². The van der Waals surface area contributed by atoms with Crippen LogP contribution in [0.15, 0.2) is 29.3 Å². The molecular weight excluding hydrogens is 472 g/mol. The zero-order chi connectivity index (χ0) is 27.4. The summed E-state index contributed by atoms with van der Waals surface area (Å²) in [6.07, 6.45) is 5.69. The van der Waals surface area contributed by atoms with Crippen LogP contribution in [0.1, 0.15) is 95.6 Å². The molecule has 0 spiro atoms. The van der Waals surface area contributed by atoms with Gasteiger partial charge in [0.25, 0.3) is 5.91 Å². The zero-order valence-electron chi connectivity index (χ0n) is 22.8. The molecule has 204 valence electrons. The van der Waals surface area contributed by atoms with Gasteiger partial charge in [-0.2, -0.15) is 4.99 Å². The van der Waals surface area contributed by atoms with E-state index in [1.807, 2.05) is 6.92 Å². The molecule has 9 nitrogen and oxygen atoms in total. The van der Waals surface area contributed by atoms with Gasteiger partial charge < -0.3 is 25.5 Å². The lowest BCUT2D eigenvalue weighted by atomic mass is 9.95. The van der Waals surface area contributed by atoms with E-state index in [9.17, 15) is 14.4 Å². The lowest BCUT2D eigenvalue weighted by Gasteiger charge is -2.17. The number of carbonyl (C=O) groups excluding carboxylic acids is 3. The number of hydrogen-bond donors (Lipinski definition) is 3. The molecule has 1 aromatic carbocycles. The van der Waals surface area contributed by atoms with Gasteiger partial charge in [0.15, 0.2) is 0 Å². The number of ether oxygens (including phenoxy) is 2. The van der Waals surface area contributed by atoms with E-state index in [-0.39, 0.29) is 23.6 Å². The number of aromatic nitrogens is 1. The number of benzene rings is 1. The quantitative estimate of drug-likeness (QED) is 0.140. The van der Waals surface area contributed by atoms with Crippen molar-refractivity contribution in [2.45, 2.75) is 85.2 Å². The highest BCUT2D eigenvalue weighted by molar-refractivity contribution is 6.06. The van der Waals surface area contributed by atoms with E-state index >= 15 is 0 Å². The summed E-state index contributed by atoms with van der Waals surface area (Å²) in [6.45, 7) is 10.2. The van der Waals surface area contributed by atoms with Crippen LogP contribution in [-0.2, 0) is 14.3 Å². The molecular formula is C28H42N4O5. The molecule has 0 saturated carbocycles. The largest absolute Gasteiger partial charge is 0.466 e. The summed E-state index contributed by atoms with van der Waals surface area (Å²) < 4.78 is 10.4. The Bertz CT molecular complexity index is 1080. The van der Waals surface area contributed by atoms with E-state index in [2.05, 4.69) is 22.2 Å². The van der Waals surface area contributed by atoms with Crippen LogP contribution in [0, 0.1) is 5.92 Å². The molecule has 9 heteroatoms. The number of amides is 2. The number of nitrogens with zero attached hydrogens (tertiary/aromatic N) is 1. The van der Waals surface area contributed by atoms with Crippen molar-refractivity contribution in [1.82, 2.24) is 10.3 Å². The molecule has 2 rings (SSSR count). The summed E-state index contributed by atoms with van der Waals surface area (Å²) in [4.78, 5) is 43.6. The second kappa shape index (κ2) is 14.4. The maximum absolute atomic E-state index is 12.6. The van der Waals surface area contributed by atoms with Gasteiger partial charge in [0.1, 0.15) is 17.1 Å². The summed E-state index contributed by atoms with van der Waals surface area (Å²) >= 11 is 0. The molecule has 37 heavy (non-hydrogen) atoms. The zero-order valence-corrected chi connectivity index (χ0v) is 22.8. The Balaban J connectivity index is 1.85. The average molecular weight is 515 g/mol. The maximum atomic E-state index is 12.6. The van der Waals surface area contributed by atoms with E-state index in [0.29, 0.717) is 24.4 Å².